The first-order valence-electron chi connectivity index (χ1n) is 11.9. The molecule has 0 radical (unpaired) electrons. The van der Waals surface area contributed by atoms with Crippen LogP contribution in [0, 0.1) is 0 Å². The summed E-state index contributed by atoms with van der Waals surface area (Å²) >= 11 is 0. The van der Waals surface area contributed by atoms with Crippen LogP contribution in [0.1, 0.15) is 50.7 Å². The summed E-state index contributed by atoms with van der Waals surface area (Å²) in [6.07, 6.45) is 4.67. The van der Waals surface area contributed by atoms with Crippen molar-refractivity contribution in [3.8, 4) is 0 Å². The van der Waals surface area contributed by atoms with Gasteiger partial charge in [0.05, 0.1) is 13.2 Å². The zero-order chi connectivity index (χ0) is 22.4. The second kappa shape index (κ2) is 13.7. The van der Waals surface area contributed by atoms with E-state index < -0.39 is 0 Å². The number of unbranched alkanes of at least 4 members (excludes halogenated alkanes) is 2. The molecule has 0 atom stereocenters. The average molecular weight is 429 g/mol. The molecule has 0 fully saturated rings. The van der Waals surface area contributed by atoms with Crippen LogP contribution in [0.25, 0.3) is 21.5 Å². The molecule has 0 heterocycles. The topological polar surface area (TPSA) is 18.5 Å². The molecule has 168 valence electrons. The lowest BCUT2D eigenvalue weighted by molar-refractivity contribution is 0.118. The summed E-state index contributed by atoms with van der Waals surface area (Å²) in [5.41, 5.74) is 2.55. The van der Waals surface area contributed by atoms with Gasteiger partial charge in [-0.3, -0.25) is 0 Å². The Morgan fingerprint density at radius 1 is 0.562 bits per heavy atom. The van der Waals surface area contributed by atoms with E-state index in [1.54, 1.807) is 0 Å². The Morgan fingerprint density at radius 3 is 1.94 bits per heavy atom. The van der Waals surface area contributed by atoms with Crippen molar-refractivity contribution < 1.29 is 9.47 Å². The molecule has 0 aliphatic carbocycles. The van der Waals surface area contributed by atoms with Crippen molar-refractivity contribution in [3.05, 3.63) is 96.1 Å². The van der Waals surface area contributed by atoms with Crippen LogP contribution < -0.4 is 0 Å². The molecule has 0 saturated carbocycles. The Bertz CT molecular complexity index is 1060. The first-order chi connectivity index (χ1) is 15.8. The Balaban J connectivity index is 0.000000181. The van der Waals surface area contributed by atoms with Crippen molar-refractivity contribution in [1.82, 2.24) is 0 Å². The van der Waals surface area contributed by atoms with E-state index in [1.165, 1.54) is 45.5 Å². The van der Waals surface area contributed by atoms with Crippen molar-refractivity contribution in [2.75, 3.05) is 13.2 Å². The van der Waals surface area contributed by atoms with E-state index in [-0.39, 0.29) is 0 Å². The van der Waals surface area contributed by atoms with Gasteiger partial charge in [0.15, 0.2) is 0 Å². The Kier molecular flexibility index (Phi) is 10.2. The smallest absolute Gasteiger partial charge is 0.0722 e. The highest BCUT2D eigenvalue weighted by Gasteiger charge is 1.99. The van der Waals surface area contributed by atoms with Crippen LogP contribution in [0.15, 0.2) is 84.9 Å². The van der Waals surface area contributed by atoms with Crippen LogP contribution >= 0.6 is 0 Å². The summed E-state index contributed by atoms with van der Waals surface area (Å²) in [7, 11) is 0. The molecule has 2 nitrogen and oxygen atoms in total. The molecule has 4 aromatic rings. The predicted molar refractivity (Wildman–Crippen MR) is 137 cm³/mol. The fourth-order valence-corrected chi connectivity index (χ4v) is 3.61. The second-order valence-electron chi connectivity index (χ2n) is 8.13. The number of ether oxygens (including phenoxy) is 2. The van der Waals surface area contributed by atoms with Crippen LogP contribution in [0.3, 0.4) is 0 Å². The van der Waals surface area contributed by atoms with Crippen molar-refractivity contribution in [1.29, 1.82) is 0 Å². The molecule has 0 aliphatic rings. The highest BCUT2D eigenvalue weighted by Crippen LogP contribution is 2.19. The quantitative estimate of drug-likeness (QED) is 0.236. The summed E-state index contributed by atoms with van der Waals surface area (Å²) in [6, 6.07) is 29.8. The normalized spacial score (nSPS) is 10.8. The summed E-state index contributed by atoms with van der Waals surface area (Å²) in [6.45, 7) is 7.54. The summed E-state index contributed by atoms with van der Waals surface area (Å²) in [5, 5.41) is 5.18. The minimum Gasteiger partial charge on any atom is -0.377 e. The first kappa shape index (κ1) is 24.0. The molecule has 4 aromatic carbocycles. The Hall–Kier alpha value is -2.68. The van der Waals surface area contributed by atoms with E-state index >= 15 is 0 Å². The molecule has 0 bridgehead atoms. The Labute approximate surface area is 193 Å². The lowest BCUT2D eigenvalue weighted by Crippen LogP contribution is -1.95. The zero-order valence-corrected chi connectivity index (χ0v) is 19.6. The van der Waals surface area contributed by atoms with Crippen LogP contribution in [-0.4, -0.2) is 13.2 Å². The second-order valence-corrected chi connectivity index (χ2v) is 8.13. The van der Waals surface area contributed by atoms with Crippen LogP contribution in [0.5, 0.6) is 0 Å². The molecule has 0 unspecified atom stereocenters. The van der Waals surface area contributed by atoms with E-state index in [0.717, 1.165) is 39.3 Å². The van der Waals surface area contributed by atoms with Crippen LogP contribution in [0.2, 0.25) is 0 Å². The number of hydrogen-bond donors (Lipinski definition) is 0. The van der Waals surface area contributed by atoms with Crippen LogP contribution in [-0.2, 0) is 22.7 Å². The predicted octanol–water partition coefficient (Wildman–Crippen LogP) is 8.31. The minimum absolute atomic E-state index is 0.724. The Morgan fingerprint density at radius 2 is 1.19 bits per heavy atom. The van der Waals surface area contributed by atoms with Crippen molar-refractivity contribution in [2.24, 2.45) is 0 Å². The molecule has 2 heteroatoms. The highest BCUT2D eigenvalue weighted by atomic mass is 16.5. The van der Waals surface area contributed by atoms with E-state index in [0.29, 0.717) is 0 Å². The van der Waals surface area contributed by atoms with Gasteiger partial charge in [-0.2, -0.15) is 0 Å². The van der Waals surface area contributed by atoms with Gasteiger partial charge in [-0.25, -0.2) is 0 Å². The molecule has 4 rings (SSSR count). The van der Waals surface area contributed by atoms with Gasteiger partial charge in [0.1, 0.15) is 0 Å². The zero-order valence-electron chi connectivity index (χ0n) is 19.6. The third kappa shape index (κ3) is 7.47. The molecule has 0 spiro atoms. The van der Waals surface area contributed by atoms with Crippen molar-refractivity contribution in [3.63, 3.8) is 0 Å². The largest absolute Gasteiger partial charge is 0.377 e. The van der Waals surface area contributed by atoms with Gasteiger partial charge in [0.2, 0.25) is 0 Å². The molecule has 0 saturated heterocycles. The number of fused-ring (bicyclic) bond motifs is 2. The van der Waals surface area contributed by atoms with Gasteiger partial charge >= 0.3 is 0 Å². The van der Waals surface area contributed by atoms with E-state index in [9.17, 15) is 0 Å². The molecule has 0 amide bonds. The number of rotatable bonds is 10. The maximum atomic E-state index is 5.67. The first-order valence-corrected chi connectivity index (χ1v) is 11.9. The summed E-state index contributed by atoms with van der Waals surface area (Å²) < 4.78 is 11.3. The molecular formula is C30H36O2. The highest BCUT2D eigenvalue weighted by molar-refractivity contribution is 5.85. The van der Waals surface area contributed by atoms with Gasteiger partial charge < -0.3 is 9.47 Å². The monoisotopic (exact) mass is 428 g/mol. The van der Waals surface area contributed by atoms with E-state index in [4.69, 9.17) is 9.47 Å². The van der Waals surface area contributed by atoms with Gasteiger partial charge in [0, 0.05) is 13.2 Å². The van der Waals surface area contributed by atoms with Crippen LogP contribution in [0.4, 0.5) is 0 Å². The van der Waals surface area contributed by atoms with E-state index in [2.05, 4.69) is 98.8 Å². The molecule has 32 heavy (non-hydrogen) atoms. The number of hydrogen-bond acceptors (Lipinski definition) is 2. The average Bonchev–Trinajstić information content (AvgIpc) is 2.85. The lowest BCUT2D eigenvalue weighted by atomic mass is 10.1. The van der Waals surface area contributed by atoms with Gasteiger partial charge in [-0.1, -0.05) is 106 Å². The van der Waals surface area contributed by atoms with Crippen molar-refractivity contribution in [2.45, 2.75) is 52.7 Å². The maximum absolute atomic E-state index is 5.67. The fraction of sp³-hybridized carbons (Fsp3) is 0.333. The number of benzene rings is 4. The van der Waals surface area contributed by atoms with Gasteiger partial charge in [0.25, 0.3) is 0 Å². The van der Waals surface area contributed by atoms with E-state index in [1.807, 2.05) is 0 Å². The lowest BCUT2D eigenvalue weighted by Gasteiger charge is -2.07. The van der Waals surface area contributed by atoms with Gasteiger partial charge in [-0.15, -0.1) is 0 Å². The molecule has 0 aliphatic heterocycles. The maximum Gasteiger partial charge on any atom is 0.0722 e. The van der Waals surface area contributed by atoms with Crippen molar-refractivity contribution >= 4 is 21.5 Å². The minimum atomic E-state index is 0.724. The summed E-state index contributed by atoms with van der Waals surface area (Å²) in [5.74, 6) is 0. The molecule has 0 aromatic heterocycles. The summed E-state index contributed by atoms with van der Waals surface area (Å²) in [4.78, 5) is 0. The molecule has 0 N–H and O–H groups in total. The fourth-order valence-electron chi connectivity index (χ4n) is 3.61. The standard InChI is InChI=1S/2C15H18O/c1-2-3-11-16-12-14-9-6-8-13-7-4-5-10-15(13)14;1-2-3-10-16-12-13-8-9-14-6-4-5-7-15(14)11-13/h4-10H,2-3,11-12H2,1H3;4-9,11H,2-3,10,12H2,1H3. The SMILES string of the molecule is CCCCOCc1ccc2ccccc2c1.CCCCOCc1cccc2ccccc12. The third-order valence-electron chi connectivity index (χ3n) is 5.50. The van der Waals surface area contributed by atoms with Gasteiger partial charge in [-0.05, 0) is 51.6 Å². The molecular weight excluding hydrogens is 392 g/mol. The third-order valence-corrected chi connectivity index (χ3v) is 5.50.